The highest BCUT2D eigenvalue weighted by Crippen LogP contribution is 2.34. The van der Waals surface area contributed by atoms with Gasteiger partial charge in [-0.15, -0.1) is 0 Å². The summed E-state index contributed by atoms with van der Waals surface area (Å²) in [6.45, 7) is 4.21. The van der Waals surface area contributed by atoms with Crippen LogP contribution >= 0.6 is 0 Å². The third-order valence-electron chi connectivity index (χ3n) is 6.26. The zero-order valence-corrected chi connectivity index (χ0v) is 17.9. The van der Waals surface area contributed by atoms with Gasteiger partial charge in [0.25, 0.3) is 0 Å². The van der Waals surface area contributed by atoms with E-state index in [1.54, 1.807) is 24.4 Å². The van der Waals surface area contributed by atoms with Gasteiger partial charge in [0, 0.05) is 18.1 Å². The van der Waals surface area contributed by atoms with Gasteiger partial charge in [-0.3, -0.25) is 0 Å². The van der Waals surface area contributed by atoms with E-state index in [2.05, 4.69) is 22.2 Å². The molecule has 1 aromatic carbocycles. The van der Waals surface area contributed by atoms with Crippen molar-refractivity contribution in [1.82, 2.24) is 9.97 Å². The number of rotatable bonds is 7. The average Bonchev–Trinajstić information content (AvgIpc) is 3.28. The average molecular weight is 426 g/mol. The van der Waals surface area contributed by atoms with Crippen molar-refractivity contribution >= 4 is 23.1 Å². The number of nitrogens with zero attached hydrogens (tertiary/aromatic N) is 3. The third-order valence-corrected chi connectivity index (χ3v) is 6.26. The number of nitrogen functional groups attached to an aromatic ring is 1. The van der Waals surface area contributed by atoms with Crippen LogP contribution in [-0.4, -0.2) is 28.1 Å². The maximum absolute atomic E-state index is 14.2. The van der Waals surface area contributed by atoms with Gasteiger partial charge in [-0.2, -0.15) is 4.98 Å². The Morgan fingerprint density at radius 2 is 1.81 bits per heavy atom. The third kappa shape index (κ3) is 5.07. The van der Waals surface area contributed by atoms with Crippen LogP contribution in [0, 0.1) is 5.82 Å². The van der Waals surface area contributed by atoms with E-state index in [9.17, 15) is 4.39 Å². The van der Waals surface area contributed by atoms with E-state index in [0.717, 1.165) is 51.4 Å². The zero-order chi connectivity index (χ0) is 21.8. The fourth-order valence-corrected chi connectivity index (χ4v) is 4.55. The molecule has 1 aromatic heterocycles. The van der Waals surface area contributed by atoms with Crippen molar-refractivity contribution in [3.63, 3.8) is 0 Å². The summed E-state index contributed by atoms with van der Waals surface area (Å²) in [6, 6.07) is 7.35. The lowest BCUT2D eigenvalue weighted by molar-refractivity contribution is 0.410. The monoisotopic (exact) mass is 425 g/mol. The van der Waals surface area contributed by atoms with Gasteiger partial charge >= 0.3 is 0 Å². The van der Waals surface area contributed by atoms with Gasteiger partial charge in [-0.05, 0) is 50.7 Å². The van der Waals surface area contributed by atoms with E-state index in [1.165, 1.54) is 6.07 Å². The maximum Gasteiger partial charge on any atom is 0.224 e. The maximum atomic E-state index is 14.2. The smallest absolute Gasteiger partial charge is 0.224 e. The molecule has 0 radical (unpaired) electrons. The van der Waals surface area contributed by atoms with Crippen molar-refractivity contribution in [3.05, 3.63) is 48.7 Å². The molecule has 2 fully saturated rings. The van der Waals surface area contributed by atoms with E-state index in [0.29, 0.717) is 35.0 Å². The van der Waals surface area contributed by atoms with Crippen LogP contribution in [-0.2, 0) is 0 Å². The van der Waals surface area contributed by atoms with Crippen LogP contribution in [0.1, 0.15) is 51.4 Å². The predicted octanol–water partition coefficient (Wildman–Crippen LogP) is 4.21. The number of nitrogens with one attached hydrogen (secondary N) is 2. The van der Waals surface area contributed by atoms with Crippen LogP contribution in [0.5, 0.6) is 0 Å². The topological polar surface area (TPSA) is 105 Å². The standard InChI is InChI=1S/C23H32FN7/c1-15(28-21-9-5-4-8-19(21)24)31(18-6-2-3-7-18)22-20(26)14-27-23(30-22)29-17-12-10-16(25)11-13-17/h4-5,8-9,14,16-18,28H,1-3,6-7,10-13,25-26H2,(H,27,29,30). The normalized spacial score (nSPS) is 21.6. The summed E-state index contributed by atoms with van der Waals surface area (Å²) in [5, 5.41) is 6.57. The summed E-state index contributed by atoms with van der Waals surface area (Å²) in [6.07, 6.45) is 9.90. The first-order valence-corrected chi connectivity index (χ1v) is 11.2. The minimum absolute atomic E-state index is 0.199. The minimum Gasteiger partial charge on any atom is -0.394 e. The van der Waals surface area contributed by atoms with E-state index in [-0.39, 0.29) is 17.9 Å². The van der Waals surface area contributed by atoms with Crippen molar-refractivity contribution < 1.29 is 4.39 Å². The van der Waals surface area contributed by atoms with E-state index >= 15 is 0 Å². The van der Waals surface area contributed by atoms with Crippen molar-refractivity contribution in [1.29, 1.82) is 0 Å². The quantitative estimate of drug-likeness (QED) is 0.526. The molecule has 2 aliphatic carbocycles. The largest absolute Gasteiger partial charge is 0.394 e. The molecule has 6 N–H and O–H groups in total. The molecule has 2 aliphatic rings. The first-order chi connectivity index (χ1) is 15.0. The summed E-state index contributed by atoms with van der Waals surface area (Å²) in [4.78, 5) is 11.2. The second-order valence-electron chi connectivity index (χ2n) is 8.59. The van der Waals surface area contributed by atoms with E-state index in [4.69, 9.17) is 16.5 Å². The van der Waals surface area contributed by atoms with Gasteiger partial charge in [0.2, 0.25) is 5.95 Å². The summed E-state index contributed by atoms with van der Waals surface area (Å²) >= 11 is 0. The van der Waals surface area contributed by atoms with Gasteiger partial charge in [-0.25, -0.2) is 9.37 Å². The second kappa shape index (κ2) is 9.51. The molecule has 8 heteroatoms. The summed E-state index contributed by atoms with van der Waals surface area (Å²) in [5.74, 6) is 1.37. The molecule has 7 nitrogen and oxygen atoms in total. The Hall–Kier alpha value is -2.87. The number of halogens is 1. The lowest BCUT2D eigenvalue weighted by Crippen LogP contribution is -2.37. The number of benzene rings is 1. The van der Waals surface area contributed by atoms with Crippen LogP contribution in [0.25, 0.3) is 0 Å². The molecule has 31 heavy (non-hydrogen) atoms. The lowest BCUT2D eigenvalue weighted by atomic mass is 9.92. The molecule has 2 saturated carbocycles. The van der Waals surface area contributed by atoms with Gasteiger partial charge < -0.3 is 27.0 Å². The molecule has 0 spiro atoms. The summed E-state index contributed by atoms with van der Waals surface area (Å²) in [5.41, 5.74) is 13.2. The molecule has 0 unspecified atom stereocenters. The highest BCUT2D eigenvalue weighted by atomic mass is 19.1. The lowest BCUT2D eigenvalue weighted by Gasteiger charge is -2.33. The molecule has 0 bridgehead atoms. The van der Waals surface area contributed by atoms with E-state index < -0.39 is 0 Å². The van der Waals surface area contributed by atoms with Crippen LogP contribution in [0.3, 0.4) is 0 Å². The molecule has 1 heterocycles. The molecular weight excluding hydrogens is 393 g/mol. The molecule has 166 valence electrons. The molecule has 0 saturated heterocycles. The fraction of sp³-hybridized carbons (Fsp3) is 0.478. The Kier molecular flexibility index (Phi) is 6.56. The molecule has 0 atom stereocenters. The highest BCUT2D eigenvalue weighted by molar-refractivity contribution is 5.68. The van der Waals surface area contributed by atoms with Crippen LogP contribution in [0.2, 0.25) is 0 Å². The highest BCUT2D eigenvalue weighted by Gasteiger charge is 2.29. The van der Waals surface area contributed by atoms with Crippen molar-refractivity contribution in [3.8, 4) is 0 Å². The first-order valence-electron chi connectivity index (χ1n) is 11.2. The Labute approximate surface area is 183 Å². The SMILES string of the molecule is C=C(Nc1ccccc1F)N(c1nc(NC2CCC(N)CC2)ncc1N)C1CCCC1. The summed E-state index contributed by atoms with van der Waals surface area (Å²) in [7, 11) is 0. The second-order valence-corrected chi connectivity index (χ2v) is 8.59. The first kappa shape index (κ1) is 21.4. The van der Waals surface area contributed by atoms with Crippen molar-refractivity contribution in [2.45, 2.75) is 69.5 Å². The number of nitrogens with two attached hydrogens (primary N) is 2. The number of hydrogen-bond donors (Lipinski definition) is 4. The molecule has 2 aromatic rings. The van der Waals surface area contributed by atoms with Crippen LogP contribution < -0.4 is 27.0 Å². The Morgan fingerprint density at radius 3 is 2.52 bits per heavy atom. The summed E-state index contributed by atoms with van der Waals surface area (Å²) < 4.78 is 14.2. The van der Waals surface area contributed by atoms with Crippen molar-refractivity contribution in [2.75, 3.05) is 21.3 Å². The van der Waals surface area contributed by atoms with Gasteiger partial charge in [0.1, 0.15) is 11.6 Å². The number of hydrogen-bond acceptors (Lipinski definition) is 7. The molecule has 0 aliphatic heterocycles. The van der Waals surface area contributed by atoms with Gasteiger partial charge in [-0.1, -0.05) is 31.6 Å². The Morgan fingerprint density at radius 1 is 1.10 bits per heavy atom. The minimum atomic E-state index is -0.330. The van der Waals surface area contributed by atoms with Gasteiger partial charge in [0.15, 0.2) is 5.82 Å². The van der Waals surface area contributed by atoms with Crippen LogP contribution in [0.4, 0.5) is 27.5 Å². The molecule has 4 rings (SSSR count). The number of para-hydroxylation sites is 1. The van der Waals surface area contributed by atoms with Crippen LogP contribution in [0.15, 0.2) is 42.9 Å². The van der Waals surface area contributed by atoms with Crippen molar-refractivity contribution in [2.24, 2.45) is 5.73 Å². The number of anilines is 4. The fourth-order valence-electron chi connectivity index (χ4n) is 4.55. The number of aromatic nitrogens is 2. The predicted molar refractivity (Wildman–Crippen MR) is 124 cm³/mol. The molecular formula is C23H32FN7. The zero-order valence-electron chi connectivity index (χ0n) is 17.9. The van der Waals surface area contributed by atoms with Gasteiger partial charge in [0.05, 0.1) is 17.6 Å². The molecule has 0 amide bonds. The Balaban J connectivity index is 1.58. The van der Waals surface area contributed by atoms with E-state index in [1.807, 2.05) is 4.90 Å². The Bertz CT molecular complexity index is 905.